The van der Waals surface area contributed by atoms with E-state index in [1.54, 1.807) is 4.68 Å². The first kappa shape index (κ1) is 14.4. The Kier molecular flexibility index (Phi) is 4.21. The minimum absolute atomic E-state index is 0.0342. The number of nitrogens with one attached hydrogen (secondary N) is 1. The third kappa shape index (κ3) is 2.73. The Bertz CT molecular complexity index is 788. The van der Waals surface area contributed by atoms with E-state index in [1.165, 1.54) is 0 Å². The molecule has 4 heteroatoms. The molecule has 0 fully saturated rings. The van der Waals surface area contributed by atoms with Crippen LogP contribution in [0.15, 0.2) is 65.5 Å². The number of hydrogen-bond acceptors (Lipinski definition) is 1. The Morgan fingerprint density at radius 3 is 2.27 bits per heavy atom. The van der Waals surface area contributed by atoms with Crippen molar-refractivity contribution in [1.29, 1.82) is 0 Å². The lowest BCUT2D eigenvalue weighted by Gasteiger charge is -2.02. The normalized spacial score (nSPS) is 10.8. The molecular formula is C18H20N3O+. The maximum atomic E-state index is 12.8. The van der Waals surface area contributed by atoms with Gasteiger partial charge in [-0.3, -0.25) is 9.89 Å². The molecule has 0 unspecified atom stereocenters. The monoisotopic (exact) mass is 294 g/mol. The van der Waals surface area contributed by atoms with Crippen LogP contribution in [-0.2, 0) is 6.42 Å². The topological polar surface area (TPSA) is 54.4 Å². The van der Waals surface area contributed by atoms with Gasteiger partial charge in [0.05, 0.1) is 30.5 Å². The molecule has 3 rings (SSSR count). The van der Waals surface area contributed by atoms with Crippen LogP contribution in [0.5, 0.6) is 0 Å². The predicted molar refractivity (Wildman–Crippen MR) is 88.2 cm³/mol. The van der Waals surface area contributed by atoms with Gasteiger partial charge in [-0.1, -0.05) is 48.5 Å². The number of nitrogens with two attached hydrogens (primary N) is 1. The molecule has 0 spiro atoms. The molecule has 1 aromatic heterocycles. The summed E-state index contributed by atoms with van der Waals surface area (Å²) in [6, 6.07) is 19.7. The number of aromatic amines is 1. The number of benzene rings is 2. The zero-order chi connectivity index (χ0) is 15.4. The Balaban J connectivity index is 2.14. The van der Waals surface area contributed by atoms with Crippen LogP contribution >= 0.6 is 0 Å². The Labute approximate surface area is 129 Å². The summed E-state index contributed by atoms with van der Waals surface area (Å²) in [7, 11) is 2.02. The average Bonchev–Trinajstić information content (AvgIpc) is 2.91. The van der Waals surface area contributed by atoms with E-state index in [-0.39, 0.29) is 5.56 Å². The number of para-hydroxylation sites is 1. The van der Waals surface area contributed by atoms with Gasteiger partial charge < -0.3 is 5.32 Å². The van der Waals surface area contributed by atoms with Crippen LogP contribution in [0.25, 0.3) is 16.9 Å². The standard InChI is InChI=1S/C18H19N3O/c1-19-13-12-16-17(14-8-4-2-5-9-14)20-21(18(16)22)15-10-6-3-7-11-15/h2-11,19-20H,12-13H2,1H3/p+1. The lowest BCUT2D eigenvalue weighted by atomic mass is 10.1. The molecule has 0 aliphatic rings. The SMILES string of the molecule is C[NH2+]CCc1c(-c2ccccc2)[nH]n(-c2ccccc2)c1=O. The summed E-state index contributed by atoms with van der Waals surface area (Å²) < 4.78 is 1.63. The van der Waals surface area contributed by atoms with Gasteiger partial charge in [-0.15, -0.1) is 0 Å². The lowest BCUT2D eigenvalue weighted by Crippen LogP contribution is -2.80. The van der Waals surface area contributed by atoms with Crippen LogP contribution in [-0.4, -0.2) is 23.4 Å². The van der Waals surface area contributed by atoms with Gasteiger partial charge in [0.15, 0.2) is 0 Å². The van der Waals surface area contributed by atoms with Crippen molar-refractivity contribution < 1.29 is 5.32 Å². The third-order valence-electron chi connectivity index (χ3n) is 3.75. The number of aromatic nitrogens is 2. The molecule has 0 radical (unpaired) electrons. The fourth-order valence-electron chi connectivity index (χ4n) is 2.60. The molecule has 3 aromatic rings. The molecule has 1 heterocycles. The molecule has 0 amide bonds. The number of H-pyrrole nitrogens is 1. The van der Waals surface area contributed by atoms with Crippen LogP contribution < -0.4 is 10.9 Å². The molecule has 2 aromatic carbocycles. The first-order valence-electron chi connectivity index (χ1n) is 7.54. The summed E-state index contributed by atoms with van der Waals surface area (Å²) in [5, 5.41) is 5.37. The van der Waals surface area contributed by atoms with Gasteiger partial charge in [-0.05, 0) is 17.7 Å². The third-order valence-corrected chi connectivity index (χ3v) is 3.75. The summed E-state index contributed by atoms with van der Waals surface area (Å²) in [5.74, 6) is 0. The van der Waals surface area contributed by atoms with Crippen molar-refractivity contribution >= 4 is 0 Å². The average molecular weight is 294 g/mol. The number of nitrogens with zero attached hydrogens (tertiary/aromatic N) is 1. The first-order chi connectivity index (χ1) is 10.8. The molecule has 22 heavy (non-hydrogen) atoms. The van der Waals surface area contributed by atoms with E-state index < -0.39 is 0 Å². The van der Waals surface area contributed by atoms with Gasteiger partial charge >= 0.3 is 0 Å². The number of rotatable bonds is 5. The number of hydrogen-bond donors (Lipinski definition) is 2. The highest BCUT2D eigenvalue weighted by molar-refractivity contribution is 5.63. The molecular weight excluding hydrogens is 274 g/mol. The summed E-state index contributed by atoms with van der Waals surface area (Å²) in [4.78, 5) is 12.8. The van der Waals surface area contributed by atoms with Crippen molar-refractivity contribution in [2.24, 2.45) is 0 Å². The fraction of sp³-hybridized carbons (Fsp3) is 0.167. The van der Waals surface area contributed by atoms with Gasteiger partial charge in [0, 0.05) is 6.42 Å². The van der Waals surface area contributed by atoms with E-state index in [0.29, 0.717) is 0 Å². The van der Waals surface area contributed by atoms with Crippen molar-refractivity contribution in [2.45, 2.75) is 6.42 Å². The smallest absolute Gasteiger partial charge is 0.275 e. The molecule has 0 bridgehead atoms. The van der Waals surface area contributed by atoms with Gasteiger partial charge in [-0.25, -0.2) is 4.68 Å². The largest absolute Gasteiger partial charge is 0.348 e. The van der Waals surface area contributed by atoms with Gasteiger partial charge in [0.2, 0.25) is 0 Å². The van der Waals surface area contributed by atoms with Crippen LogP contribution in [0, 0.1) is 0 Å². The maximum Gasteiger partial charge on any atom is 0.275 e. The molecule has 0 aliphatic heterocycles. The maximum absolute atomic E-state index is 12.8. The zero-order valence-electron chi connectivity index (χ0n) is 12.6. The molecule has 0 saturated carbocycles. The van der Waals surface area contributed by atoms with Crippen molar-refractivity contribution in [3.63, 3.8) is 0 Å². The Hall–Kier alpha value is -2.59. The van der Waals surface area contributed by atoms with E-state index in [1.807, 2.05) is 67.7 Å². The highest BCUT2D eigenvalue weighted by atomic mass is 16.1. The highest BCUT2D eigenvalue weighted by Gasteiger charge is 2.16. The van der Waals surface area contributed by atoms with E-state index in [2.05, 4.69) is 10.4 Å². The second kappa shape index (κ2) is 6.45. The van der Waals surface area contributed by atoms with Gasteiger partial charge in [0.25, 0.3) is 5.56 Å². The van der Waals surface area contributed by atoms with E-state index in [4.69, 9.17) is 0 Å². The van der Waals surface area contributed by atoms with Crippen LogP contribution in [0.1, 0.15) is 5.56 Å². The number of quaternary nitrogens is 1. The van der Waals surface area contributed by atoms with E-state index in [0.717, 1.165) is 35.5 Å². The molecule has 0 aliphatic carbocycles. The molecule has 0 saturated heterocycles. The predicted octanol–water partition coefficient (Wildman–Crippen LogP) is 1.57. The van der Waals surface area contributed by atoms with Crippen LogP contribution in [0.2, 0.25) is 0 Å². The molecule has 4 nitrogen and oxygen atoms in total. The minimum Gasteiger partial charge on any atom is -0.348 e. The lowest BCUT2D eigenvalue weighted by molar-refractivity contribution is -0.626. The summed E-state index contributed by atoms with van der Waals surface area (Å²) in [6.45, 7) is 0.891. The number of likely N-dealkylation sites (N-methyl/N-ethyl adjacent to an activating group) is 1. The quantitative estimate of drug-likeness (QED) is 0.737. The van der Waals surface area contributed by atoms with Crippen LogP contribution in [0.3, 0.4) is 0 Å². The van der Waals surface area contributed by atoms with Gasteiger partial charge in [-0.2, -0.15) is 0 Å². The van der Waals surface area contributed by atoms with Crippen molar-refractivity contribution in [1.82, 2.24) is 9.78 Å². The van der Waals surface area contributed by atoms with Gasteiger partial charge in [0.1, 0.15) is 0 Å². The van der Waals surface area contributed by atoms with Crippen molar-refractivity contribution in [2.75, 3.05) is 13.6 Å². The summed E-state index contributed by atoms with van der Waals surface area (Å²) in [5.41, 5.74) is 3.69. The van der Waals surface area contributed by atoms with Crippen LogP contribution in [0.4, 0.5) is 0 Å². The minimum atomic E-state index is 0.0342. The Morgan fingerprint density at radius 2 is 1.64 bits per heavy atom. The highest BCUT2D eigenvalue weighted by Crippen LogP contribution is 2.20. The summed E-state index contributed by atoms with van der Waals surface area (Å²) >= 11 is 0. The zero-order valence-corrected chi connectivity index (χ0v) is 12.6. The molecule has 0 atom stereocenters. The first-order valence-corrected chi connectivity index (χ1v) is 7.54. The Morgan fingerprint density at radius 1 is 1.00 bits per heavy atom. The van der Waals surface area contributed by atoms with Crippen molar-refractivity contribution in [3.8, 4) is 16.9 Å². The fourth-order valence-corrected chi connectivity index (χ4v) is 2.60. The summed E-state index contributed by atoms with van der Waals surface area (Å²) in [6.07, 6.45) is 0.746. The molecule has 112 valence electrons. The van der Waals surface area contributed by atoms with E-state index >= 15 is 0 Å². The van der Waals surface area contributed by atoms with E-state index in [9.17, 15) is 4.79 Å². The second-order valence-corrected chi connectivity index (χ2v) is 5.25. The molecule has 3 N–H and O–H groups in total. The second-order valence-electron chi connectivity index (χ2n) is 5.25. The van der Waals surface area contributed by atoms with Crippen molar-refractivity contribution in [3.05, 3.63) is 76.6 Å².